The van der Waals surface area contributed by atoms with E-state index in [1.807, 2.05) is 0 Å². The third kappa shape index (κ3) is 79.7. The van der Waals surface area contributed by atoms with Crippen molar-refractivity contribution in [2.75, 3.05) is 12.4 Å². The highest BCUT2D eigenvalue weighted by molar-refractivity contribution is 7.80. The van der Waals surface area contributed by atoms with Crippen LogP contribution in [0, 0.1) is 0 Å². The van der Waals surface area contributed by atoms with Gasteiger partial charge < -0.3 is 14.9 Å². The minimum atomic E-state index is -2.12. The number of aliphatic hydroxyl groups excluding tert-OH is 1. The van der Waals surface area contributed by atoms with Gasteiger partial charge in [-0.25, -0.2) is 0 Å². The fraction of sp³-hybridized carbons (Fsp3) is 1.00. The van der Waals surface area contributed by atoms with E-state index < -0.39 is 8.53 Å². The van der Waals surface area contributed by atoms with Crippen LogP contribution in [0.25, 0.3) is 0 Å². The van der Waals surface area contributed by atoms with Gasteiger partial charge in [-0.2, -0.15) is 12.6 Å². The fourth-order valence-electron chi connectivity index (χ4n) is 0. The van der Waals surface area contributed by atoms with Gasteiger partial charge in [-0.1, -0.05) is 0 Å². The van der Waals surface area contributed by atoms with Crippen molar-refractivity contribution in [2.45, 2.75) is 0 Å². The largest absolute Gasteiger partial charge is 0.396 e. The summed E-state index contributed by atoms with van der Waals surface area (Å²) in [6, 6.07) is 0. The Morgan fingerprint density at radius 3 is 1.62 bits per heavy atom. The first-order valence-corrected chi connectivity index (χ1v) is 3.74. The van der Waals surface area contributed by atoms with Gasteiger partial charge in [0.1, 0.15) is 0 Å². The zero-order chi connectivity index (χ0) is 6.99. The lowest BCUT2D eigenvalue weighted by molar-refractivity contribution is 0.323. The summed E-state index contributed by atoms with van der Waals surface area (Å²) in [6.07, 6.45) is 0. The number of hydrogen-bond acceptors (Lipinski definition) is 5. The van der Waals surface area contributed by atoms with E-state index in [0.717, 1.165) is 0 Å². The first kappa shape index (κ1) is 11.4. The molecule has 4 nitrogen and oxygen atoms in total. The van der Waals surface area contributed by atoms with Crippen LogP contribution in [0.5, 0.6) is 0 Å². The molecular weight excluding hydrogens is 149 g/mol. The zero-order valence-electron chi connectivity index (χ0n) is 4.23. The monoisotopic (exact) mass is 159 g/mol. The van der Waals surface area contributed by atoms with E-state index in [-0.39, 0.29) is 6.61 Å². The van der Waals surface area contributed by atoms with Gasteiger partial charge >= 0.3 is 0 Å². The van der Waals surface area contributed by atoms with Gasteiger partial charge in [-0.3, -0.25) is 5.50 Å². The SMILES string of the molecule is NP(O)O.OCCS. The van der Waals surface area contributed by atoms with Crippen LogP contribution in [-0.4, -0.2) is 27.3 Å². The molecule has 0 aliphatic rings. The van der Waals surface area contributed by atoms with E-state index in [9.17, 15) is 0 Å². The van der Waals surface area contributed by atoms with Crippen molar-refractivity contribution in [1.29, 1.82) is 0 Å². The van der Waals surface area contributed by atoms with Gasteiger partial charge in [0.2, 0.25) is 8.53 Å². The predicted octanol–water partition coefficient (Wildman–Crippen LogP) is -0.935. The van der Waals surface area contributed by atoms with Crippen molar-refractivity contribution in [1.82, 2.24) is 0 Å². The summed E-state index contributed by atoms with van der Waals surface area (Å²) in [5, 5.41) is 7.80. The third-order valence-corrected chi connectivity index (χ3v) is 0.300. The van der Waals surface area contributed by atoms with E-state index in [1.54, 1.807) is 0 Å². The maximum absolute atomic E-state index is 7.80. The second kappa shape index (κ2) is 10.6. The van der Waals surface area contributed by atoms with Gasteiger partial charge in [-0.15, -0.1) is 0 Å². The molecule has 0 unspecified atom stereocenters. The number of aliphatic hydroxyl groups is 1. The average molecular weight is 159 g/mol. The summed E-state index contributed by atoms with van der Waals surface area (Å²) in [5.41, 5.74) is 4.29. The molecule has 0 saturated heterocycles. The van der Waals surface area contributed by atoms with Gasteiger partial charge in [0, 0.05) is 5.75 Å². The lowest BCUT2D eigenvalue weighted by atomic mass is 10.9. The molecule has 0 radical (unpaired) electrons. The second-order valence-electron chi connectivity index (χ2n) is 0.768. The van der Waals surface area contributed by atoms with Crippen molar-refractivity contribution in [2.24, 2.45) is 5.50 Å². The number of hydrogen-bond donors (Lipinski definition) is 5. The average Bonchev–Trinajstić information content (AvgIpc) is 1.65. The fourth-order valence-corrected chi connectivity index (χ4v) is 0. The highest BCUT2D eigenvalue weighted by atomic mass is 32.1. The quantitative estimate of drug-likeness (QED) is 0.252. The second-order valence-corrected chi connectivity index (χ2v) is 1.86. The maximum atomic E-state index is 7.80. The summed E-state index contributed by atoms with van der Waals surface area (Å²) < 4.78 is 0. The molecule has 0 aliphatic carbocycles. The number of nitrogens with two attached hydrogens (primary N) is 1. The van der Waals surface area contributed by atoms with E-state index >= 15 is 0 Å². The van der Waals surface area contributed by atoms with Crippen LogP contribution in [0.3, 0.4) is 0 Å². The van der Waals surface area contributed by atoms with Crippen molar-refractivity contribution >= 4 is 21.2 Å². The van der Waals surface area contributed by atoms with Crippen LogP contribution in [0.2, 0.25) is 0 Å². The van der Waals surface area contributed by atoms with Gasteiger partial charge in [0.25, 0.3) is 0 Å². The lowest BCUT2D eigenvalue weighted by Gasteiger charge is -1.79. The summed E-state index contributed by atoms with van der Waals surface area (Å²) in [7, 11) is -2.12. The van der Waals surface area contributed by atoms with Crippen molar-refractivity contribution in [3.8, 4) is 0 Å². The van der Waals surface area contributed by atoms with Crippen LogP contribution >= 0.6 is 21.2 Å². The van der Waals surface area contributed by atoms with Crippen molar-refractivity contribution < 1.29 is 14.9 Å². The molecule has 0 bridgehead atoms. The molecular formula is C2H10NO3PS. The van der Waals surface area contributed by atoms with Gasteiger partial charge in [0.05, 0.1) is 6.61 Å². The topological polar surface area (TPSA) is 86.7 Å². The molecule has 0 aromatic carbocycles. The molecule has 0 atom stereocenters. The standard InChI is InChI=1S/C2H6OS.H4NO2P/c3-1-2-4;1-4(2)3/h3-4H,1-2H2;2-3H,1H2. The Kier molecular flexibility index (Phi) is 15.1. The molecule has 8 heavy (non-hydrogen) atoms. The van der Waals surface area contributed by atoms with Crippen LogP contribution in [0.15, 0.2) is 0 Å². The minimum absolute atomic E-state index is 0.184. The summed E-state index contributed by atoms with van der Waals surface area (Å²) in [5.74, 6) is 0.569. The summed E-state index contributed by atoms with van der Waals surface area (Å²) in [4.78, 5) is 14.9. The van der Waals surface area contributed by atoms with E-state index in [2.05, 4.69) is 18.1 Å². The van der Waals surface area contributed by atoms with Crippen molar-refractivity contribution in [3.63, 3.8) is 0 Å². The smallest absolute Gasteiger partial charge is 0.247 e. The molecule has 6 heteroatoms. The Morgan fingerprint density at radius 1 is 1.50 bits per heavy atom. The Labute approximate surface area is 54.7 Å². The highest BCUT2D eigenvalue weighted by Crippen LogP contribution is 2.05. The van der Waals surface area contributed by atoms with Crippen molar-refractivity contribution in [3.05, 3.63) is 0 Å². The molecule has 5 N–H and O–H groups in total. The third-order valence-electron chi connectivity index (χ3n) is 0.1000. The molecule has 0 aromatic rings. The Bertz CT molecular complexity index is 33.7. The van der Waals surface area contributed by atoms with Crippen LogP contribution in [0.4, 0.5) is 0 Å². The lowest BCUT2D eigenvalue weighted by Crippen LogP contribution is -1.78. The van der Waals surface area contributed by atoms with E-state index in [0.29, 0.717) is 5.75 Å². The molecule has 0 saturated carbocycles. The summed E-state index contributed by atoms with van der Waals surface area (Å²) in [6.45, 7) is 0.184. The molecule has 52 valence electrons. The van der Waals surface area contributed by atoms with Crippen LogP contribution < -0.4 is 5.50 Å². The highest BCUT2D eigenvalue weighted by Gasteiger charge is 1.72. The molecule has 0 aromatic heterocycles. The molecule has 0 aliphatic heterocycles. The number of rotatable bonds is 1. The first-order valence-electron chi connectivity index (χ1n) is 1.79. The normalized spacial score (nSPS) is 8.25. The predicted molar refractivity (Wildman–Crippen MR) is 36.5 cm³/mol. The Hall–Kier alpha value is 0.620. The van der Waals surface area contributed by atoms with Crippen LogP contribution in [0.1, 0.15) is 0 Å². The molecule has 0 amide bonds. The molecule has 0 rings (SSSR count). The molecule has 0 heterocycles. The minimum Gasteiger partial charge on any atom is -0.396 e. The van der Waals surface area contributed by atoms with E-state index in [4.69, 9.17) is 14.9 Å². The van der Waals surface area contributed by atoms with Gasteiger partial charge in [-0.05, 0) is 0 Å². The number of thiol groups is 1. The van der Waals surface area contributed by atoms with Gasteiger partial charge in [0.15, 0.2) is 0 Å². The zero-order valence-corrected chi connectivity index (χ0v) is 6.02. The summed E-state index contributed by atoms with van der Waals surface area (Å²) >= 11 is 3.67. The maximum Gasteiger partial charge on any atom is 0.247 e. The molecule has 0 fully saturated rings. The van der Waals surface area contributed by atoms with E-state index in [1.165, 1.54) is 0 Å². The Morgan fingerprint density at radius 2 is 1.62 bits per heavy atom. The Balaban J connectivity index is 0. The molecule has 0 spiro atoms. The van der Waals surface area contributed by atoms with Crippen LogP contribution in [-0.2, 0) is 0 Å². The first-order chi connectivity index (χ1) is 3.65.